The van der Waals surface area contributed by atoms with Crippen molar-refractivity contribution in [1.29, 1.82) is 0 Å². The maximum atomic E-state index is 12.7. The number of aryl methyl sites for hydroxylation is 1. The van der Waals surface area contributed by atoms with Crippen molar-refractivity contribution in [3.8, 4) is 0 Å². The van der Waals surface area contributed by atoms with Crippen LogP contribution in [0.15, 0.2) is 47.4 Å². The van der Waals surface area contributed by atoms with E-state index in [1.54, 1.807) is 18.2 Å². The number of halogens is 3. The molecule has 1 heterocycles. The molecule has 0 aliphatic carbocycles. The summed E-state index contributed by atoms with van der Waals surface area (Å²) in [6.07, 6.45) is -5.08. The Labute approximate surface area is 236 Å². The molecule has 0 unspecified atom stereocenters. The molecule has 0 atom stereocenters. The predicted molar refractivity (Wildman–Crippen MR) is 146 cm³/mol. The standard InChI is InChI=1S/C24H32N4O5S.C2HF3O2/c1-4-27(5-2)23(29)17-26-12-14-28(15-13-26)19-8-11-22(21(16-19)24(30)31)25-34(32,33)20-9-6-18(3)7-10-20;3-2(4,5)1(6)7/h6-11,16,25H,4-5,12-15,17H2,1-3H3,(H,30,31);(H,6,7). The van der Waals surface area contributed by atoms with Gasteiger partial charge in [-0.3, -0.25) is 14.4 Å². The van der Waals surface area contributed by atoms with Crippen molar-refractivity contribution >= 4 is 39.2 Å². The third kappa shape index (κ3) is 9.63. The van der Waals surface area contributed by atoms with Gasteiger partial charge in [-0.05, 0) is 51.1 Å². The number of hydrogen-bond acceptors (Lipinski definition) is 7. The van der Waals surface area contributed by atoms with Crippen LogP contribution in [0.25, 0.3) is 0 Å². The maximum absolute atomic E-state index is 12.7. The van der Waals surface area contributed by atoms with Gasteiger partial charge in [-0.2, -0.15) is 13.2 Å². The largest absolute Gasteiger partial charge is 0.490 e. The first-order valence-electron chi connectivity index (χ1n) is 12.6. The van der Waals surface area contributed by atoms with Crippen LogP contribution >= 0.6 is 0 Å². The highest BCUT2D eigenvalue weighted by Gasteiger charge is 2.38. The van der Waals surface area contributed by atoms with Crippen LogP contribution in [-0.2, 0) is 19.6 Å². The Morgan fingerprint density at radius 1 is 0.951 bits per heavy atom. The molecule has 226 valence electrons. The van der Waals surface area contributed by atoms with Crippen molar-refractivity contribution in [2.75, 3.05) is 55.4 Å². The number of sulfonamides is 1. The molecule has 0 bridgehead atoms. The topological polar surface area (TPSA) is 148 Å². The Morgan fingerprint density at radius 2 is 1.49 bits per heavy atom. The lowest BCUT2D eigenvalue weighted by atomic mass is 10.1. The molecule has 1 aliphatic rings. The van der Waals surface area contributed by atoms with Gasteiger partial charge in [-0.25, -0.2) is 18.0 Å². The van der Waals surface area contributed by atoms with Crippen LogP contribution in [0, 0.1) is 6.92 Å². The van der Waals surface area contributed by atoms with E-state index in [1.807, 2.05) is 30.6 Å². The van der Waals surface area contributed by atoms with Gasteiger partial charge in [0.2, 0.25) is 5.91 Å². The van der Waals surface area contributed by atoms with Crippen molar-refractivity contribution in [2.45, 2.75) is 31.8 Å². The highest BCUT2D eigenvalue weighted by atomic mass is 32.2. The van der Waals surface area contributed by atoms with Gasteiger partial charge in [0, 0.05) is 45.0 Å². The minimum absolute atomic E-state index is 0.0141. The summed E-state index contributed by atoms with van der Waals surface area (Å²) in [5, 5.41) is 16.9. The number of alkyl halides is 3. The van der Waals surface area contributed by atoms with E-state index in [2.05, 4.69) is 9.62 Å². The van der Waals surface area contributed by atoms with Crippen molar-refractivity contribution in [2.24, 2.45) is 0 Å². The lowest BCUT2D eigenvalue weighted by Crippen LogP contribution is -2.50. The number of rotatable bonds is 9. The smallest absolute Gasteiger partial charge is 0.478 e. The van der Waals surface area contributed by atoms with E-state index < -0.39 is 28.1 Å². The van der Waals surface area contributed by atoms with Gasteiger partial charge in [-0.1, -0.05) is 17.7 Å². The molecule has 1 aliphatic heterocycles. The predicted octanol–water partition coefficient (Wildman–Crippen LogP) is 3.12. The molecule has 3 rings (SSSR count). The second kappa shape index (κ2) is 14.2. The molecule has 0 aromatic heterocycles. The van der Waals surface area contributed by atoms with E-state index in [0.29, 0.717) is 51.5 Å². The van der Waals surface area contributed by atoms with E-state index in [-0.39, 0.29) is 22.1 Å². The van der Waals surface area contributed by atoms with Gasteiger partial charge in [-0.15, -0.1) is 0 Å². The molecular weight excluding hydrogens is 569 g/mol. The number of likely N-dealkylation sites (N-methyl/N-ethyl adjacent to an activating group) is 1. The fraction of sp³-hybridized carbons (Fsp3) is 0.423. The number of amides is 1. The van der Waals surface area contributed by atoms with E-state index in [1.165, 1.54) is 24.3 Å². The molecule has 1 fully saturated rings. The van der Waals surface area contributed by atoms with E-state index in [0.717, 1.165) is 5.56 Å². The van der Waals surface area contributed by atoms with Crippen molar-refractivity contribution in [3.63, 3.8) is 0 Å². The molecule has 0 saturated carbocycles. The van der Waals surface area contributed by atoms with Gasteiger partial charge in [0.15, 0.2) is 0 Å². The van der Waals surface area contributed by atoms with Gasteiger partial charge in [0.05, 0.1) is 22.7 Å². The van der Waals surface area contributed by atoms with E-state index in [4.69, 9.17) is 9.90 Å². The highest BCUT2D eigenvalue weighted by molar-refractivity contribution is 7.92. The molecule has 3 N–H and O–H groups in total. The number of carboxylic acids is 2. The van der Waals surface area contributed by atoms with Crippen molar-refractivity contribution in [1.82, 2.24) is 9.80 Å². The van der Waals surface area contributed by atoms with Crippen LogP contribution in [0.5, 0.6) is 0 Å². The van der Waals surface area contributed by atoms with E-state index in [9.17, 15) is 36.3 Å². The molecule has 2 aromatic carbocycles. The first kappa shape index (κ1) is 33.4. The van der Waals surface area contributed by atoms with Gasteiger partial charge in [0.25, 0.3) is 10.0 Å². The first-order valence-corrected chi connectivity index (χ1v) is 14.1. The average molecular weight is 603 g/mol. The van der Waals surface area contributed by atoms with Gasteiger partial charge < -0.3 is 20.0 Å². The molecule has 1 saturated heterocycles. The number of piperazine rings is 1. The number of aromatic carboxylic acids is 1. The highest BCUT2D eigenvalue weighted by Crippen LogP contribution is 2.27. The monoisotopic (exact) mass is 602 g/mol. The Kier molecular flexibility index (Phi) is 11.5. The van der Waals surface area contributed by atoms with Crippen LogP contribution in [0.4, 0.5) is 24.5 Å². The second-order valence-corrected chi connectivity index (χ2v) is 10.8. The summed E-state index contributed by atoms with van der Waals surface area (Å²) in [4.78, 5) is 39.2. The van der Waals surface area contributed by atoms with Gasteiger partial charge >= 0.3 is 18.1 Å². The van der Waals surface area contributed by atoms with Crippen LogP contribution < -0.4 is 9.62 Å². The van der Waals surface area contributed by atoms with Crippen molar-refractivity contribution in [3.05, 3.63) is 53.6 Å². The Balaban J connectivity index is 0.000000745. The summed E-state index contributed by atoms with van der Waals surface area (Å²) in [5.41, 5.74) is 1.52. The number of carbonyl (C=O) groups excluding carboxylic acids is 1. The molecule has 41 heavy (non-hydrogen) atoms. The third-order valence-electron chi connectivity index (χ3n) is 6.26. The third-order valence-corrected chi connectivity index (χ3v) is 7.65. The Bertz CT molecular complexity index is 1320. The lowest BCUT2D eigenvalue weighted by molar-refractivity contribution is -0.192. The van der Waals surface area contributed by atoms with Crippen LogP contribution in [0.2, 0.25) is 0 Å². The SMILES string of the molecule is CCN(CC)C(=O)CN1CCN(c2ccc(NS(=O)(=O)c3ccc(C)cc3)c(C(=O)O)c2)CC1.O=C(O)C(F)(F)F. The quantitative estimate of drug-likeness (QED) is 0.394. The van der Waals surface area contributed by atoms with Crippen LogP contribution in [-0.4, -0.2) is 98.3 Å². The summed E-state index contributed by atoms with van der Waals surface area (Å²) in [6, 6.07) is 11.0. The summed E-state index contributed by atoms with van der Waals surface area (Å²) < 4.78 is 59.6. The normalized spacial score (nSPS) is 14.0. The zero-order chi connectivity index (χ0) is 31.0. The maximum Gasteiger partial charge on any atom is 0.490 e. The minimum atomic E-state index is -5.08. The summed E-state index contributed by atoms with van der Waals surface area (Å²) >= 11 is 0. The number of hydrogen-bond donors (Lipinski definition) is 3. The van der Waals surface area contributed by atoms with Crippen molar-refractivity contribution < 1.29 is 46.2 Å². The summed E-state index contributed by atoms with van der Waals surface area (Å²) in [7, 11) is -3.92. The minimum Gasteiger partial charge on any atom is -0.478 e. The number of aliphatic carboxylic acids is 1. The molecule has 1 amide bonds. The number of carbonyl (C=O) groups is 3. The van der Waals surface area contributed by atoms with Crippen LogP contribution in [0.3, 0.4) is 0 Å². The molecule has 2 aromatic rings. The lowest BCUT2D eigenvalue weighted by Gasteiger charge is -2.36. The number of benzene rings is 2. The molecule has 0 spiro atoms. The summed E-state index contributed by atoms with van der Waals surface area (Å²) in [5.74, 6) is -3.86. The van der Waals surface area contributed by atoms with Crippen LogP contribution in [0.1, 0.15) is 29.8 Å². The number of nitrogens with zero attached hydrogens (tertiary/aromatic N) is 3. The second-order valence-electron chi connectivity index (χ2n) is 9.09. The molecule has 0 radical (unpaired) electrons. The molecular formula is C26H33F3N4O7S. The summed E-state index contributed by atoms with van der Waals surface area (Å²) in [6.45, 7) is 10.2. The number of anilines is 2. The average Bonchev–Trinajstić information content (AvgIpc) is 2.90. The van der Waals surface area contributed by atoms with Gasteiger partial charge in [0.1, 0.15) is 0 Å². The van der Waals surface area contributed by atoms with E-state index >= 15 is 0 Å². The number of nitrogens with one attached hydrogen (secondary N) is 1. The fourth-order valence-electron chi connectivity index (χ4n) is 3.95. The molecule has 15 heteroatoms. The zero-order valence-corrected chi connectivity index (χ0v) is 23.6. The Morgan fingerprint density at radius 3 is 1.95 bits per heavy atom. The Hall–Kier alpha value is -3.85. The fourth-order valence-corrected chi connectivity index (χ4v) is 5.03. The number of carboxylic acid groups (broad SMARTS) is 2. The molecule has 11 nitrogen and oxygen atoms in total. The first-order chi connectivity index (χ1) is 19.1. The zero-order valence-electron chi connectivity index (χ0n) is 22.8.